The van der Waals surface area contributed by atoms with Crippen LogP contribution in [0.2, 0.25) is 0 Å². The molecule has 1 N–H and O–H groups in total. The second kappa shape index (κ2) is 10.5. The fourth-order valence-corrected chi connectivity index (χ4v) is 4.46. The summed E-state index contributed by atoms with van der Waals surface area (Å²) < 4.78 is 14.3. The van der Waals surface area contributed by atoms with Crippen molar-refractivity contribution in [3.05, 3.63) is 82.5 Å². The number of amides is 2. The molecule has 10 heteroatoms. The number of nitrogens with zero attached hydrogens (tertiary/aromatic N) is 4. The molecule has 0 atom stereocenters. The Morgan fingerprint density at radius 3 is 2.38 bits per heavy atom. The molecule has 0 bridgehead atoms. The molecule has 176 valence electrons. The predicted octanol–water partition coefficient (Wildman–Crippen LogP) is 2.61. The van der Waals surface area contributed by atoms with Gasteiger partial charge in [0, 0.05) is 50.8 Å². The van der Waals surface area contributed by atoms with Crippen molar-refractivity contribution in [2.24, 2.45) is 7.05 Å². The van der Waals surface area contributed by atoms with Crippen molar-refractivity contribution in [2.45, 2.75) is 5.16 Å². The number of thioether (sulfide) groups is 1. The zero-order valence-electron chi connectivity index (χ0n) is 18.6. The molecule has 2 amide bonds. The molecule has 3 aromatic rings. The van der Waals surface area contributed by atoms with E-state index in [2.05, 4.69) is 27.3 Å². The smallest absolute Gasteiger partial charge is 0.266 e. The summed E-state index contributed by atoms with van der Waals surface area (Å²) in [6, 6.07) is 15.3. The van der Waals surface area contributed by atoms with Crippen LogP contribution >= 0.6 is 11.8 Å². The van der Waals surface area contributed by atoms with Gasteiger partial charge >= 0.3 is 0 Å². The normalized spacial score (nSPS) is 13.6. The number of aromatic nitrogens is 2. The molecule has 2 heterocycles. The first-order chi connectivity index (χ1) is 16.4. The maximum Gasteiger partial charge on any atom is 0.266 e. The zero-order chi connectivity index (χ0) is 24.1. The summed E-state index contributed by atoms with van der Waals surface area (Å²) in [5.41, 5.74) is 0.845. The van der Waals surface area contributed by atoms with Gasteiger partial charge in [-0.05, 0) is 36.4 Å². The lowest BCUT2D eigenvalue weighted by Gasteiger charge is -2.36. The van der Waals surface area contributed by atoms with Gasteiger partial charge in [0.1, 0.15) is 11.4 Å². The highest BCUT2D eigenvalue weighted by atomic mass is 32.2. The molecule has 0 unspecified atom stereocenters. The maximum absolute atomic E-state index is 13.0. The fourth-order valence-electron chi connectivity index (χ4n) is 3.62. The first-order valence-corrected chi connectivity index (χ1v) is 11.7. The Morgan fingerprint density at radius 2 is 1.71 bits per heavy atom. The van der Waals surface area contributed by atoms with Crippen LogP contribution in [0.1, 0.15) is 10.4 Å². The van der Waals surface area contributed by atoms with E-state index in [1.165, 1.54) is 42.1 Å². The van der Waals surface area contributed by atoms with Crippen molar-refractivity contribution in [2.75, 3.05) is 42.1 Å². The van der Waals surface area contributed by atoms with Crippen LogP contribution in [0.3, 0.4) is 0 Å². The highest BCUT2D eigenvalue weighted by Crippen LogP contribution is 2.18. The lowest BCUT2D eigenvalue weighted by molar-refractivity contribution is -0.128. The third kappa shape index (κ3) is 5.45. The second-order valence-corrected chi connectivity index (χ2v) is 8.71. The van der Waals surface area contributed by atoms with Crippen LogP contribution in [-0.2, 0) is 11.8 Å². The molecule has 34 heavy (non-hydrogen) atoms. The third-order valence-corrected chi connectivity index (χ3v) is 6.58. The lowest BCUT2D eigenvalue weighted by Crippen LogP contribution is -2.49. The maximum atomic E-state index is 13.0. The standard InChI is InChI=1S/C24H24FN5O3S/c1-28-23(33)20(22(32)27-18-9-7-17(25)8-10-18)15-26-24(28)34-16-21(31)30-13-11-29(12-14-30)19-5-3-2-4-6-19/h2-10,15H,11-14,16H2,1H3,(H,27,32). The van der Waals surface area contributed by atoms with E-state index in [1.807, 2.05) is 23.1 Å². The van der Waals surface area contributed by atoms with Crippen molar-refractivity contribution < 1.29 is 14.0 Å². The summed E-state index contributed by atoms with van der Waals surface area (Å²) in [6.07, 6.45) is 1.20. The van der Waals surface area contributed by atoms with Crippen LogP contribution in [-0.4, -0.2) is 58.2 Å². The summed E-state index contributed by atoms with van der Waals surface area (Å²) in [6.45, 7) is 2.77. The van der Waals surface area contributed by atoms with E-state index in [1.54, 1.807) is 0 Å². The quantitative estimate of drug-likeness (QED) is 0.430. The van der Waals surface area contributed by atoms with E-state index < -0.39 is 17.3 Å². The van der Waals surface area contributed by atoms with Crippen LogP contribution in [0.5, 0.6) is 0 Å². The average molecular weight is 482 g/mol. The highest BCUT2D eigenvalue weighted by Gasteiger charge is 2.22. The van der Waals surface area contributed by atoms with Crippen LogP contribution in [0.25, 0.3) is 0 Å². The number of anilines is 2. The first-order valence-electron chi connectivity index (χ1n) is 10.8. The minimum atomic E-state index is -0.636. The number of hydrogen-bond donors (Lipinski definition) is 1. The van der Waals surface area contributed by atoms with E-state index in [-0.39, 0.29) is 17.2 Å². The zero-order valence-corrected chi connectivity index (χ0v) is 19.4. The van der Waals surface area contributed by atoms with E-state index >= 15 is 0 Å². The predicted molar refractivity (Wildman–Crippen MR) is 130 cm³/mol. The molecule has 1 aliphatic rings. The van der Waals surface area contributed by atoms with Crippen molar-refractivity contribution in [1.29, 1.82) is 0 Å². The Bertz CT molecular complexity index is 1230. The van der Waals surface area contributed by atoms with Crippen LogP contribution in [0.15, 0.2) is 70.7 Å². The minimum absolute atomic E-state index is 0.0231. The van der Waals surface area contributed by atoms with Crippen LogP contribution < -0.4 is 15.8 Å². The average Bonchev–Trinajstić information content (AvgIpc) is 2.86. The van der Waals surface area contributed by atoms with Gasteiger partial charge in [-0.25, -0.2) is 9.37 Å². The van der Waals surface area contributed by atoms with Crippen molar-refractivity contribution >= 4 is 35.0 Å². The van der Waals surface area contributed by atoms with E-state index in [9.17, 15) is 18.8 Å². The highest BCUT2D eigenvalue weighted by molar-refractivity contribution is 7.99. The Kier molecular flexibility index (Phi) is 7.27. The van der Waals surface area contributed by atoms with Crippen LogP contribution in [0.4, 0.5) is 15.8 Å². The van der Waals surface area contributed by atoms with E-state index in [0.29, 0.717) is 23.9 Å². The van der Waals surface area contributed by atoms with E-state index in [4.69, 9.17) is 0 Å². The van der Waals surface area contributed by atoms with E-state index in [0.717, 1.165) is 30.5 Å². The molecule has 1 fully saturated rings. The Labute approximate surface area is 200 Å². The van der Waals surface area contributed by atoms with Gasteiger partial charge in [-0.1, -0.05) is 30.0 Å². The molecular weight excluding hydrogens is 457 g/mol. The summed E-state index contributed by atoms with van der Waals surface area (Å²) in [4.78, 5) is 46.1. The number of rotatable bonds is 6. The van der Waals surface area contributed by atoms with Gasteiger partial charge in [0.2, 0.25) is 5.91 Å². The number of carbonyl (C=O) groups excluding carboxylic acids is 2. The second-order valence-electron chi connectivity index (χ2n) is 7.77. The fraction of sp³-hybridized carbons (Fsp3) is 0.250. The van der Waals surface area contributed by atoms with Gasteiger partial charge in [-0.15, -0.1) is 0 Å². The van der Waals surface area contributed by atoms with Crippen molar-refractivity contribution in [3.63, 3.8) is 0 Å². The molecule has 0 radical (unpaired) electrons. The number of benzene rings is 2. The number of carbonyl (C=O) groups is 2. The van der Waals surface area contributed by atoms with Gasteiger partial charge in [-0.2, -0.15) is 0 Å². The van der Waals surface area contributed by atoms with Gasteiger partial charge in [0.15, 0.2) is 5.16 Å². The number of nitrogens with one attached hydrogen (secondary N) is 1. The Balaban J connectivity index is 1.33. The molecular formula is C24H24FN5O3S. The third-order valence-electron chi connectivity index (χ3n) is 5.55. The molecule has 4 rings (SSSR count). The molecule has 8 nitrogen and oxygen atoms in total. The summed E-state index contributed by atoms with van der Waals surface area (Å²) in [5, 5.41) is 2.90. The number of hydrogen-bond acceptors (Lipinski definition) is 6. The topological polar surface area (TPSA) is 87.5 Å². The number of para-hydroxylation sites is 1. The molecule has 0 saturated carbocycles. The first kappa shape index (κ1) is 23.5. The molecule has 0 aliphatic carbocycles. The molecule has 2 aromatic carbocycles. The van der Waals surface area contributed by atoms with Gasteiger partial charge < -0.3 is 15.1 Å². The van der Waals surface area contributed by atoms with Gasteiger partial charge in [-0.3, -0.25) is 19.0 Å². The molecule has 0 spiro atoms. The van der Waals surface area contributed by atoms with Crippen LogP contribution in [0, 0.1) is 5.82 Å². The van der Waals surface area contributed by atoms with Crippen molar-refractivity contribution in [1.82, 2.24) is 14.5 Å². The number of halogens is 1. The Hall–Kier alpha value is -3.66. The van der Waals surface area contributed by atoms with Gasteiger partial charge in [0.25, 0.3) is 11.5 Å². The molecule has 1 aromatic heterocycles. The SMILES string of the molecule is Cn1c(SCC(=O)N2CCN(c3ccccc3)CC2)ncc(C(=O)Nc2ccc(F)cc2)c1=O. The monoisotopic (exact) mass is 481 g/mol. The molecule has 1 saturated heterocycles. The molecule has 1 aliphatic heterocycles. The number of piperazine rings is 1. The summed E-state index contributed by atoms with van der Waals surface area (Å²) >= 11 is 1.16. The Morgan fingerprint density at radius 1 is 1.03 bits per heavy atom. The summed E-state index contributed by atoms with van der Waals surface area (Å²) in [7, 11) is 1.51. The van der Waals surface area contributed by atoms with Gasteiger partial charge in [0.05, 0.1) is 5.75 Å². The minimum Gasteiger partial charge on any atom is -0.368 e. The largest absolute Gasteiger partial charge is 0.368 e. The summed E-state index contributed by atoms with van der Waals surface area (Å²) in [5.74, 6) is -0.939. The van der Waals surface area contributed by atoms with Crippen molar-refractivity contribution in [3.8, 4) is 0 Å². The lowest BCUT2D eigenvalue weighted by atomic mass is 10.2.